The van der Waals surface area contributed by atoms with Gasteiger partial charge in [0.25, 0.3) is 0 Å². The monoisotopic (exact) mass is 555 g/mol. The number of hydrogen-bond acceptors (Lipinski definition) is 5. The molecule has 10 heteroatoms. The van der Waals surface area contributed by atoms with Crippen LogP contribution in [-0.2, 0) is 12.3 Å². The van der Waals surface area contributed by atoms with Crippen LogP contribution >= 0.6 is 35.0 Å². The summed E-state index contributed by atoms with van der Waals surface area (Å²) >= 11 is 14.3. The lowest BCUT2D eigenvalue weighted by molar-refractivity contribution is 0.251. The molecule has 0 bridgehead atoms. The Bertz CT molecular complexity index is 1380. The van der Waals surface area contributed by atoms with Crippen LogP contribution in [0.2, 0.25) is 10.0 Å². The van der Waals surface area contributed by atoms with Crippen LogP contribution < -0.4 is 15.4 Å². The van der Waals surface area contributed by atoms with Gasteiger partial charge in [0, 0.05) is 16.5 Å². The Morgan fingerprint density at radius 2 is 1.84 bits per heavy atom. The van der Waals surface area contributed by atoms with Gasteiger partial charge >= 0.3 is 6.03 Å². The zero-order valence-electron chi connectivity index (χ0n) is 20.7. The van der Waals surface area contributed by atoms with Crippen molar-refractivity contribution in [1.82, 2.24) is 20.1 Å². The number of carbonyl (C=O) groups excluding carboxylic acids is 1. The van der Waals surface area contributed by atoms with Gasteiger partial charge in [0.15, 0.2) is 11.0 Å². The zero-order valence-corrected chi connectivity index (χ0v) is 23.0. The number of halogens is 2. The summed E-state index contributed by atoms with van der Waals surface area (Å²) in [5.74, 6) is 2.35. The molecular formula is C27H27Cl2N5O2S. The first-order valence-electron chi connectivity index (χ1n) is 11.6. The molecule has 3 aromatic carbocycles. The average molecular weight is 557 g/mol. The maximum Gasteiger partial charge on any atom is 0.319 e. The second-order valence-electron chi connectivity index (χ2n) is 8.55. The fourth-order valence-electron chi connectivity index (χ4n) is 3.60. The van der Waals surface area contributed by atoms with E-state index in [1.54, 1.807) is 25.3 Å². The highest BCUT2D eigenvalue weighted by Crippen LogP contribution is 2.31. The van der Waals surface area contributed by atoms with Gasteiger partial charge in [-0.25, -0.2) is 4.79 Å². The molecule has 4 rings (SSSR count). The van der Waals surface area contributed by atoms with E-state index in [9.17, 15) is 4.79 Å². The van der Waals surface area contributed by atoms with Crippen molar-refractivity contribution in [1.29, 1.82) is 0 Å². The van der Waals surface area contributed by atoms with Crippen molar-refractivity contribution in [2.75, 3.05) is 12.4 Å². The molecule has 0 saturated heterocycles. The highest BCUT2D eigenvalue weighted by atomic mass is 35.5. The first kappa shape index (κ1) is 26.9. The molecule has 2 amide bonds. The predicted octanol–water partition coefficient (Wildman–Crippen LogP) is 7.32. The number of methoxy groups -OCH3 is 1. The molecule has 0 aliphatic carbocycles. The summed E-state index contributed by atoms with van der Waals surface area (Å²) in [5.41, 5.74) is 3.61. The number of nitrogens with one attached hydrogen (secondary N) is 2. The quantitative estimate of drug-likeness (QED) is 0.211. The van der Waals surface area contributed by atoms with Crippen LogP contribution in [0.25, 0.3) is 5.69 Å². The fourth-order valence-corrected chi connectivity index (χ4v) is 4.88. The molecule has 7 nitrogen and oxygen atoms in total. The van der Waals surface area contributed by atoms with Crippen molar-refractivity contribution < 1.29 is 9.53 Å². The van der Waals surface area contributed by atoms with Crippen LogP contribution in [-0.4, -0.2) is 27.9 Å². The van der Waals surface area contributed by atoms with E-state index >= 15 is 0 Å². The van der Waals surface area contributed by atoms with Gasteiger partial charge in [0.1, 0.15) is 5.75 Å². The first-order valence-corrected chi connectivity index (χ1v) is 13.4. The van der Waals surface area contributed by atoms with Gasteiger partial charge in [0.05, 0.1) is 24.4 Å². The summed E-state index contributed by atoms with van der Waals surface area (Å²) in [6.45, 7) is 4.38. The standard InChI is InChI=1S/C27H27Cl2N5O2S/c1-17(2)19-7-10-21(11-8-19)31-26(35)30-15-25-32-33-27(34(25)24-14-20(28)9-12-23(24)29)37-16-18-5-4-6-22(13-18)36-3/h4-14,17H,15-16H2,1-3H3,(H2,30,31,35). The first-order chi connectivity index (χ1) is 17.8. The summed E-state index contributed by atoms with van der Waals surface area (Å²) in [5, 5.41) is 16.1. The molecule has 0 unspecified atom stereocenters. The average Bonchev–Trinajstić information content (AvgIpc) is 3.30. The molecule has 4 aromatic rings. The van der Waals surface area contributed by atoms with E-state index in [0.29, 0.717) is 44.1 Å². The summed E-state index contributed by atoms with van der Waals surface area (Å²) < 4.78 is 7.14. The van der Waals surface area contributed by atoms with Crippen molar-refractivity contribution in [3.05, 3.63) is 93.7 Å². The predicted molar refractivity (Wildman–Crippen MR) is 150 cm³/mol. The number of rotatable bonds is 9. The molecule has 0 aliphatic rings. The van der Waals surface area contributed by atoms with Crippen molar-refractivity contribution in [3.63, 3.8) is 0 Å². The van der Waals surface area contributed by atoms with Gasteiger partial charge in [-0.15, -0.1) is 10.2 Å². The number of nitrogens with zero attached hydrogens (tertiary/aromatic N) is 3. The Morgan fingerprint density at radius 1 is 1.05 bits per heavy atom. The van der Waals surface area contributed by atoms with Crippen molar-refractivity contribution in [3.8, 4) is 11.4 Å². The summed E-state index contributed by atoms with van der Waals surface area (Å²) in [7, 11) is 1.64. The minimum absolute atomic E-state index is 0.130. The van der Waals surface area contributed by atoms with E-state index in [0.717, 1.165) is 11.3 Å². The maximum atomic E-state index is 12.6. The number of anilines is 1. The van der Waals surface area contributed by atoms with Crippen LogP contribution in [0.4, 0.5) is 10.5 Å². The lowest BCUT2D eigenvalue weighted by Crippen LogP contribution is -2.29. The summed E-state index contributed by atoms with van der Waals surface area (Å²) in [4.78, 5) is 12.6. The minimum Gasteiger partial charge on any atom is -0.497 e. The van der Waals surface area contributed by atoms with Crippen LogP contribution in [0.15, 0.2) is 71.9 Å². The Morgan fingerprint density at radius 3 is 2.57 bits per heavy atom. The molecule has 0 atom stereocenters. The van der Waals surface area contributed by atoms with Gasteiger partial charge in [-0.2, -0.15) is 0 Å². The second-order valence-corrected chi connectivity index (χ2v) is 10.3. The van der Waals surface area contributed by atoms with Gasteiger partial charge in [0.2, 0.25) is 0 Å². The lowest BCUT2D eigenvalue weighted by Gasteiger charge is -2.13. The van der Waals surface area contributed by atoms with Gasteiger partial charge in [-0.3, -0.25) is 4.57 Å². The van der Waals surface area contributed by atoms with E-state index in [1.807, 2.05) is 53.1 Å². The van der Waals surface area contributed by atoms with Crippen molar-refractivity contribution in [2.24, 2.45) is 0 Å². The largest absolute Gasteiger partial charge is 0.497 e. The molecule has 0 radical (unpaired) electrons. The molecule has 1 heterocycles. The Balaban J connectivity index is 1.52. The third-order valence-corrected chi connectivity index (χ3v) is 7.15. The Labute approximate surface area is 230 Å². The number of aromatic nitrogens is 3. The SMILES string of the molecule is COc1cccc(CSc2nnc(CNC(=O)Nc3ccc(C(C)C)cc3)n2-c2cc(Cl)ccc2Cl)c1. The molecular weight excluding hydrogens is 529 g/mol. The summed E-state index contributed by atoms with van der Waals surface area (Å²) in [6, 6.07) is 20.5. The minimum atomic E-state index is -0.352. The number of carbonyl (C=O) groups is 1. The van der Waals surface area contributed by atoms with E-state index in [2.05, 4.69) is 34.7 Å². The van der Waals surface area contributed by atoms with Crippen LogP contribution in [0, 0.1) is 0 Å². The number of ether oxygens (including phenoxy) is 1. The molecule has 0 saturated carbocycles. The smallest absolute Gasteiger partial charge is 0.319 e. The number of amides is 2. The Kier molecular flexibility index (Phi) is 8.97. The number of urea groups is 1. The maximum absolute atomic E-state index is 12.6. The van der Waals surface area contributed by atoms with Crippen LogP contribution in [0.3, 0.4) is 0 Å². The number of hydrogen-bond donors (Lipinski definition) is 2. The molecule has 0 fully saturated rings. The van der Waals surface area contributed by atoms with Crippen LogP contribution in [0.1, 0.15) is 36.7 Å². The highest BCUT2D eigenvalue weighted by molar-refractivity contribution is 7.98. The molecule has 2 N–H and O–H groups in total. The normalized spacial score (nSPS) is 11.0. The van der Waals surface area contributed by atoms with E-state index in [1.165, 1.54) is 17.3 Å². The molecule has 0 aliphatic heterocycles. The summed E-state index contributed by atoms with van der Waals surface area (Å²) in [6.07, 6.45) is 0. The molecule has 192 valence electrons. The van der Waals surface area contributed by atoms with Crippen LogP contribution in [0.5, 0.6) is 5.75 Å². The number of thioether (sulfide) groups is 1. The third-order valence-electron chi connectivity index (χ3n) is 5.59. The van der Waals surface area contributed by atoms with Gasteiger partial charge in [-0.05, 0) is 59.5 Å². The third kappa shape index (κ3) is 6.97. The van der Waals surface area contributed by atoms with Crippen molar-refractivity contribution in [2.45, 2.75) is 37.2 Å². The molecule has 0 spiro atoms. The van der Waals surface area contributed by atoms with E-state index in [-0.39, 0.29) is 12.6 Å². The second kappa shape index (κ2) is 12.4. The van der Waals surface area contributed by atoms with Crippen molar-refractivity contribution >= 4 is 46.7 Å². The topological polar surface area (TPSA) is 81.1 Å². The lowest BCUT2D eigenvalue weighted by atomic mass is 10.0. The fraction of sp³-hybridized carbons (Fsp3) is 0.222. The van der Waals surface area contributed by atoms with Gasteiger partial charge < -0.3 is 15.4 Å². The molecule has 1 aromatic heterocycles. The van der Waals surface area contributed by atoms with E-state index in [4.69, 9.17) is 27.9 Å². The van der Waals surface area contributed by atoms with E-state index < -0.39 is 0 Å². The Hall–Kier alpha value is -3.20. The highest BCUT2D eigenvalue weighted by Gasteiger charge is 2.18. The zero-order chi connectivity index (χ0) is 26.4. The molecule has 37 heavy (non-hydrogen) atoms. The van der Waals surface area contributed by atoms with Gasteiger partial charge in [-0.1, -0.05) is 73.1 Å². The number of benzene rings is 3.